The van der Waals surface area contributed by atoms with Crippen molar-refractivity contribution >= 4 is 12.6 Å². The van der Waals surface area contributed by atoms with Gasteiger partial charge < -0.3 is 9.31 Å². The molecule has 0 aliphatic carbocycles. The normalized spacial score (nSPS) is 21.9. The van der Waals surface area contributed by atoms with Crippen LogP contribution in [0.3, 0.4) is 0 Å². The summed E-state index contributed by atoms with van der Waals surface area (Å²) in [5.74, 6) is 0. The topological polar surface area (TPSA) is 36.3 Å². The van der Waals surface area contributed by atoms with E-state index in [4.69, 9.17) is 9.31 Å². The van der Waals surface area contributed by atoms with Gasteiger partial charge in [0.15, 0.2) is 0 Å². The molecule has 2 rings (SSSR count). The molecular formula is C13H23BN2O2. The van der Waals surface area contributed by atoms with E-state index in [9.17, 15) is 0 Å². The van der Waals surface area contributed by atoms with Gasteiger partial charge in [0, 0.05) is 17.7 Å². The summed E-state index contributed by atoms with van der Waals surface area (Å²) in [6.45, 7) is 14.5. The van der Waals surface area contributed by atoms with Crippen LogP contribution >= 0.6 is 0 Å². The summed E-state index contributed by atoms with van der Waals surface area (Å²) < 4.78 is 14.1. The van der Waals surface area contributed by atoms with E-state index in [0.29, 0.717) is 6.04 Å². The fourth-order valence-electron chi connectivity index (χ4n) is 1.96. The van der Waals surface area contributed by atoms with E-state index in [1.807, 2.05) is 17.8 Å². The molecule has 1 aromatic rings. The summed E-state index contributed by atoms with van der Waals surface area (Å²) in [7, 11) is -0.317. The van der Waals surface area contributed by atoms with Crippen molar-refractivity contribution in [3.63, 3.8) is 0 Å². The molecule has 0 spiro atoms. The number of hydrogen-bond acceptors (Lipinski definition) is 3. The monoisotopic (exact) mass is 250 g/mol. The minimum atomic E-state index is -0.317. The van der Waals surface area contributed by atoms with Gasteiger partial charge in [0.25, 0.3) is 0 Å². The molecule has 0 aromatic carbocycles. The molecule has 0 saturated carbocycles. The molecule has 5 heteroatoms. The van der Waals surface area contributed by atoms with E-state index in [1.54, 1.807) is 0 Å². The average Bonchev–Trinajstić information content (AvgIpc) is 2.66. The second-order valence-electron chi connectivity index (χ2n) is 6.33. The minimum absolute atomic E-state index is 0.302. The summed E-state index contributed by atoms with van der Waals surface area (Å²) in [5.41, 5.74) is 1.40. The third-order valence-corrected chi connectivity index (χ3v) is 3.99. The maximum absolute atomic E-state index is 6.05. The second-order valence-corrected chi connectivity index (χ2v) is 6.33. The minimum Gasteiger partial charge on any atom is -0.399 e. The number of hydrogen-bond donors (Lipinski definition) is 0. The Morgan fingerprint density at radius 2 is 1.67 bits per heavy atom. The Bertz CT molecular complexity index is 436. The lowest BCUT2D eigenvalue weighted by Crippen LogP contribution is -2.41. The molecule has 2 heterocycles. The predicted octanol–water partition coefficient (Wildman–Crippen LogP) is 2.07. The molecule has 18 heavy (non-hydrogen) atoms. The first-order chi connectivity index (χ1) is 8.14. The molecule has 0 radical (unpaired) electrons. The summed E-state index contributed by atoms with van der Waals surface area (Å²) in [4.78, 5) is 0. The van der Waals surface area contributed by atoms with Gasteiger partial charge in [0.05, 0.1) is 16.9 Å². The first-order valence-electron chi connectivity index (χ1n) is 6.55. The van der Waals surface area contributed by atoms with E-state index in [2.05, 4.69) is 46.6 Å². The highest BCUT2D eigenvalue weighted by atomic mass is 16.7. The number of aromatic nitrogens is 2. The number of rotatable bonds is 2. The quantitative estimate of drug-likeness (QED) is 0.754. The highest BCUT2D eigenvalue weighted by Gasteiger charge is 2.52. The summed E-state index contributed by atoms with van der Waals surface area (Å²) >= 11 is 0. The van der Waals surface area contributed by atoms with E-state index >= 15 is 0 Å². The van der Waals surface area contributed by atoms with Crippen molar-refractivity contribution in [2.24, 2.45) is 0 Å². The molecule has 0 bridgehead atoms. The highest BCUT2D eigenvalue weighted by molar-refractivity contribution is 6.62. The fourth-order valence-corrected chi connectivity index (χ4v) is 1.96. The van der Waals surface area contributed by atoms with E-state index in [1.165, 1.54) is 0 Å². The van der Waals surface area contributed by atoms with Crippen LogP contribution in [0.1, 0.15) is 53.3 Å². The van der Waals surface area contributed by atoms with Crippen LogP contribution in [0.4, 0.5) is 0 Å². The van der Waals surface area contributed by atoms with Crippen molar-refractivity contribution in [3.8, 4) is 0 Å². The molecule has 0 amide bonds. The predicted molar refractivity (Wildman–Crippen MR) is 73.1 cm³/mol. The first-order valence-corrected chi connectivity index (χ1v) is 6.55. The third-order valence-electron chi connectivity index (χ3n) is 3.99. The van der Waals surface area contributed by atoms with Crippen LogP contribution in [-0.4, -0.2) is 28.1 Å². The van der Waals surface area contributed by atoms with Gasteiger partial charge in [-0.15, -0.1) is 0 Å². The van der Waals surface area contributed by atoms with E-state index < -0.39 is 0 Å². The van der Waals surface area contributed by atoms with Gasteiger partial charge in [-0.2, -0.15) is 5.10 Å². The lowest BCUT2D eigenvalue weighted by Gasteiger charge is -2.32. The molecule has 1 fully saturated rings. The van der Waals surface area contributed by atoms with Gasteiger partial charge in [0.1, 0.15) is 0 Å². The van der Waals surface area contributed by atoms with E-state index in [0.717, 1.165) is 11.2 Å². The zero-order valence-corrected chi connectivity index (χ0v) is 12.4. The number of aryl methyl sites for hydroxylation is 1. The van der Waals surface area contributed by atoms with Crippen LogP contribution in [0, 0.1) is 6.92 Å². The lowest BCUT2D eigenvalue weighted by atomic mass is 9.79. The third kappa shape index (κ3) is 2.10. The smallest absolute Gasteiger partial charge is 0.399 e. The zero-order chi connectivity index (χ0) is 13.7. The van der Waals surface area contributed by atoms with Crippen molar-refractivity contribution in [1.29, 1.82) is 0 Å². The lowest BCUT2D eigenvalue weighted by molar-refractivity contribution is 0.00578. The Labute approximate surface area is 110 Å². The molecule has 0 unspecified atom stereocenters. The van der Waals surface area contributed by atoms with Crippen molar-refractivity contribution < 1.29 is 9.31 Å². The molecule has 100 valence electrons. The van der Waals surface area contributed by atoms with Gasteiger partial charge in [0.2, 0.25) is 0 Å². The highest BCUT2D eigenvalue weighted by Crippen LogP contribution is 2.36. The van der Waals surface area contributed by atoms with Crippen molar-refractivity contribution in [3.05, 3.63) is 11.9 Å². The Kier molecular flexibility index (Phi) is 3.10. The van der Waals surface area contributed by atoms with Crippen LogP contribution in [0.2, 0.25) is 0 Å². The molecule has 0 atom stereocenters. The van der Waals surface area contributed by atoms with Gasteiger partial charge in [-0.1, -0.05) is 0 Å². The Balaban J connectivity index is 2.30. The number of nitrogens with zero attached hydrogens (tertiary/aromatic N) is 2. The maximum atomic E-state index is 6.05. The van der Waals surface area contributed by atoms with Gasteiger partial charge >= 0.3 is 7.12 Å². The zero-order valence-electron chi connectivity index (χ0n) is 12.4. The SMILES string of the molecule is Cc1nn(C(C)C)cc1B1OC(C)(C)C(C)(C)O1. The van der Waals surface area contributed by atoms with Gasteiger partial charge in [-0.3, -0.25) is 4.68 Å². The Hall–Kier alpha value is -0.805. The van der Waals surface area contributed by atoms with Crippen molar-refractivity contribution in [1.82, 2.24) is 9.78 Å². The molecule has 4 nitrogen and oxygen atoms in total. The van der Waals surface area contributed by atoms with Crippen LogP contribution in [0.25, 0.3) is 0 Å². The van der Waals surface area contributed by atoms with Crippen LogP contribution in [0.15, 0.2) is 6.20 Å². The Morgan fingerprint density at radius 3 is 2.06 bits per heavy atom. The fraction of sp³-hybridized carbons (Fsp3) is 0.769. The summed E-state index contributed by atoms with van der Waals surface area (Å²) in [6.07, 6.45) is 2.03. The van der Waals surface area contributed by atoms with Gasteiger partial charge in [-0.25, -0.2) is 0 Å². The second kappa shape index (κ2) is 4.10. The average molecular weight is 250 g/mol. The summed E-state index contributed by atoms with van der Waals surface area (Å²) in [5, 5.41) is 4.51. The molecule has 1 aromatic heterocycles. The summed E-state index contributed by atoms with van der Waals surface area (Å²) in [6, 6.07) is 0.347. The molecular weight excluding hydrogens is 227 g/mol. The van der Waals surface area contributed by atoms with Crippen molar-refractivity contribution in [2.45, 2.75) is 65.7 Å². The molecule has 1 aliphatic heterocycles. The van der Waals surface area contributed by atoms with Gasteiger partial charge in [-0.05, 0) is 48.5 Å². The first kappa shape index (κ1) is 13.6. The standard InChI is InChI=1S/C13H23BN2O2/c1-9(2)16-8-11(10(3)15-16)14-17-12(4,5)13(6,7)18-14/h8-9H,1-7H3. The van der Waals surface area contributed by atoms with E-state index in [-0.39, 0.29) is 18.3 Å². The molecule has 1 saturated heterocycles. The maximum Gasteiger partial charge on any atom is 0.498 e. The molecule has 0 N–H and O–H groups in total. The van der Waals surface area contributed by atoms with Crippen molar-refractivity contribution in [2.75, 3.05) is 0 Å². The largest absolute Gasteiger partial charge is 0.498 e. The Morgan fingerprint density at radius 1 is 1.17 bits per heavy atom. The van der Waals surface area contributed by atoms with Crippen LogP contribution < -0.4 is 5.46 Å². The molecule has 1 aliphatic rings. The van der Waals surface area contributed by atoms with Crippen LogP contribution in [0.5, 0.6) is 0 Å². The van der Waals surface area contributed by atoms with Crippen LogP contribution in [-0.2, 0) is 9.31 Å².